The van der Waals surface area contributed by atoms with E-state index in [0.717, 1.165) is 17.0 Å². The molecule has 0 bridgehead atoms. The maximum atomic E-state index is 13.7. The van der Waals surface area contributed by atoms with Crippen molar-refractivity contribution in [1.29, 1.82) is 0 Å². The van der Waals surface area contributed by atoms with E-state index in [0.29, 0.717) is 22.2 Å². The molecule has 0 saturated carbocycles. The van der Waals surface area contributed by atoms with Crippen LogP contribution in [0.1, 0.15) is 11.3 Å². The number of nitrogens with one attached hydrogen (secondary N) is 1. The summed E-state index contributed by atoms with van der Waals surface area (Å²) in [5.41, 5.74) is 2.66. The predicted molar refractivity (Wildman–Crippen MR) is 114 cm³/mol. The van der Waals surface area contributed by atoms with E-state index in [1.54, 1.807) is 25.3 Å². The van der Waals surface area contributed by atoms with Crippen molar-refractivity contribution in [2.75, 3.05) is 11.1 Å². The Bertz CT molecular complexity index is 1190. The Morgan fingerprint density at radius 1 is 1.13 bits per heavy atom. The molecule has 0 atom stereocenters. The van der Waals surface area contributed by atoms with Gasteiger partial charge in [-0.25, -0.2) is 4.39 Å². The smallest absolute Gasteiger partial charge is 0.234 e. The number of para-hydroxylation sites is 1. The van der Waals surface area contributed by atoms with Crippen molar-refractivity contribution in [3.8, 4) is 17.1 Å². The van der Waals surface area contributed by atoms with Gasteiger partial charge in [0.15, 0.2) is 11.0 Å². The second-order valence-corrected chi connectivity index (χ2v) is 7.61. The van der Waals surface area contributed by atoms with E-state index >= 15 is 0 Å². The molecule has 30 heavy (non-hydrogen) atoms. The van der Waals surface area contributed by atoms with E-state index < -0.39 is 0 Å². The number of rotatable bonds is 6. The minimum atomic E-state index is -0.357. The van der Waals surface area contributed by atoms with Gasteiger partial charge < -0.3 is 9.73 Å². The minimum absolute atomic E-state index is 0.102. The van der Waals surface area contributed by atoms with E-state index in [2.05, 4.69) is 15.5 Å². The number of carbonyl (C=O) groups is 1. The number of hydrogen-bond donors (Lipinski definition) is 1. The van der Waals surface area contributed by atoms with Gasteiger partial charge >= 0.3 is 0 Å². The highest BCUT2D eigenvalue weighted by atomic mass is 32.2. The average molecular weight is 422 g/mol. The first-order valence-corrected chi connectivity index (χ1v) is 10.3. The molecule has 2 heterocycles. The molecule has 6 nitrogen and oxygen atoms in total. The first kappa shape index (κ1) is 19.9. The van der Waals surface area contributed by atoms with Crippen LogP contribution in [0.3, 0.4) is 0 Å². The molecule has 0 aliphatic heterocycles. The average Bonchev–Trinajstić information content (AvgIpc) is 3.35. The summed E-state index contributed by atoms with van der Waals surface area (Å²) in [6, 6.07) is 16.1. The molecule has 4 rings (SSSR count). The topological polar surface area (TPSA) is 73.0 Å². The molecule has 152 valence electrons. The summed E-state index contributed by atoms with van der Waals surface area (Å²) in [6.07, 6.45) is 1.61. The zero-order chi connectivity index (χ0) is 21.1. The van der Waals surface area contributed by atoms with Gasteiger partial charge in [0.05, 0.1) is 17.6 Å². The van der Waals surface area contributed by atoms with Crippen molar-refractivity contribution in [1.82, 2.24) is 14.8 Å². The molecule has 2 aromatic carbocycles. The summed E-state index contributed by atoms with van der Waals surface area (Å²) < 4.78 is 21.0. The number of nitrogens with zero attached hydrogens (tertiary/aromatic N) is 3. The van der Waals surface area contributed by atoms with Crippen LogP contribution in [0, 0.1) is 19.7 Å². The molecule has 1 N–H and O–H groups in total. The number of benzene rings is 2. The van der Waals surface area contributed by atoms with E-state index in [9.17, 15) is 9.18 Å². The summed E-state index contributed by atoms with van der Waals surface area (Å²) in [7, 11) is 0. The van der Waals surface area contributed by atoms with E-state index in [1.807, 2.05) is 47.9 Å². The van der Waals surface area contributed by atoms with Crippen molar-refractivity contribution < 1.29 is 13.6 Å². The SMILES string of the molecule is Cc1ccc(NC(=O)CSc2nnc(-c3ccoc3C)n2-c2ccccc2)cc1F. The summed E-state index contributed by atoms with van der Waals surface area (Å²) in [6.45, 7) is 3.53. The predicted octanol–water partition coefficient (Wildman–Crippen LogP) is 5.01. The number of halogens is 1. The van der Waals surface area contributed by atoms with Crippen LogP contribution in [0.2, 0.25) is 0 Å². The lowest BCUT2D eigenvalue weighted by Crippen LogP contribution is -2.14. The molecule has 0 aliphatic rings. The second kappa shape index (κ2) is 8.54. The fourth-order valence-electron chi connectivity index (χ4n) is 2.96. The number of hydrogen-bond acceptors (Lipinski definition) is 5. The van der Waals surface area contributed by atoms with Gasteiger partial charge in [-0.3, -0.25) is 9.36 Å². The maximum Gasteiger partial charge on any atom is 0.234 e. The Balaban J connectivity index is 1.57. The first-order valence-electron chi connectivity index (χ1n) is 9.27. The van der Waals surface area contributed by atoms with Gasteiger partial charge in [-0.15, -0.1) is 10.2 Å². The van der Waals surface area contributed by atoms with Gasteiger partial charge in [-0.1, -0.05) is 36.0 Å². The molecule has 0 saturated heterocycles. The standard InChI is InChI=1S/C22H19FN4O2S/c1-14-8-9-16(12-19(14)23)24-20(28)13-30-22-26-25-21(18-10-11-29-15(18)2)27(22)17-6-4-3-5-7-17/h3-12H,13H2,1-2H3,(H,24,28). The number of carbonyl (C=O) groups excluding carboxylic acids is 1. The summed E-state index contributed by atoms with van der Waals surface area (Å²) in [5.74, 6) is 0.854. The zero-order valence-electron chi connectivity index (χ0n) is 16.4. The van der Waals surface area contributed by atoms with Gasteiger partial charge in [-0.05, 0) is 49.7 Å². The van der Waals surface area contributed by atoms with Crippen LogP contribution >= 0.6 is 11.8 Å². The van der Waals surface area contributed by atoms with E-state index in [1.165, 1.54) is 17.8 Å². The molecule has 0 unspecified atom stereocenters. The number of amides is 1. The molecule has 2 aromatic heterocycles. The third kappa shape index (κ3) is 4.13. The van der Waals surface area contributed by atoms with E-state index in [-0.39, 0.29) is 17.5 Å². The molecule has 1 amide bonds. The normalized spacial score (nSPS) is 10.9. The number of aryl methyl sites for hydroxylation is 2. The molecular formula is C22H19FN4O2S. The van der Waals surface area contributed by atoms with Crippen molar-refractivity contribution >= 4 is 23.4 Å². The Kier molecular flexibility index (Phi) is 5.67. The highest BCUT2D eigenvalue weighted by molar-refractivity contribution is 7.99. The quantitative estimate of drug-likeness (QED) is 0.442. The third-order valence-electron chi connectivity index (χ3n) is 4.54. The molecule has 0 fully saturated rings. The number of anilines is 1. The lowest BCUT2D eigenvalue weighted by atomic mass is 10.2. The summed E-state index contributed by atoms with van der Waals surface area (Å²) >= 11 is 1.25. The van der Waals surface area contributed by atoms with Gasteiger partial charge in [0, 0.05) is 11.4 Å². The summed E-state index contributed by atoms with van der Waals surface area (Å²) in [4.78, 5) is 12.4. The van der Waals surface area contributed by atoms with Crippen molar-refractivity contribution in [2.45, 2.75) is 19.0 Å². The third-order valence-corrected chi connectivity index (χ3v) is 5.46. The van der Waals surface area contributed by atoms with Gasteiger partial charge in [0.25, 0.3) is 0 Å². The number of thioether (sulfide) groups is 1. The van der Waals surface area contributed by atoms with Gasteiger partial charge in [0.1, 0.15) is 11.6 Å². The van der Waals surface area contributed by atoms with Gasteiger partial charge in [0.2, 0.25) is 5.91 Å². The van der Waals surface area contributed by atoms with Crippen LogP contribution in [-0.2, 0) is 4.79 Å². The molecule has 8 heteroatoms. The van der Waals surface area contributed by atoms with Crippen LogP contribution in [0.4, 0.5) is 10.1 Å². The Morgan fingerprint density at radius 2 is 1.93 bits per heavy atom. The zero-order valence-corrected chi connectivity index (χ0v) is 17.2. The van der Waals surface area contributed by atoms with Crippen molar-refractivity contribution in [3.63, 3.8) is 0 Å². The number of aromatic nitrogens is 3. The van der Waals surface area contributed by atoms with Crippen LogP contribution in [0.5, 0.6) is 0 Å². The van der Waals surface area contributed by atoms with Crippen LogP contribution in [0.15, 0.2) is 70.4 Å². The molecule has 4 aromatic rings. The van der Waals surface area contributed by atoms with E-state index in [4.69, 9.17) is 4.42 Å². The van der Waals surface area contributed by atoms with Gasteiger partial charge in [-0.2, -0.15) is 0 Å². The molecule has 0 spiro atoms. The Labute approximate surface area is 177 Å². The molecule has 0 radical (unpaired) electrons. The van der Waals surface area contributed by atoms with Crippen LogP contribution < -0.4 is 5.32 Å². The highest BCUT2D eigenvalue weighted by Gasteiger charge is 2.19. The maximum absolute atomic E-state index is 13.7. The minimum Gasteiger partial charge on any atom is -0.469 e. The number of furan rings is 1. The lowest BCUT2D eigenvalue weighted by Gasteiger charge is -2.10. The fraction of sp³-hybridized carbons (Fsp3) is 0.136. The lowest BCUT2D eigenvalue weighted by molar-refractivity contribution is -0.113. The monoisotopic (exact) mass is 422 g/mol. The largest absolute Gasteiger partial charge is 0.469 e. The summed E-state index contributed by atoms with van der Waals surface area (Å²) in [5, 5.41) is 11.9. The Hall–Kier alpha value is -3.39. The first-order chi connectivity index (χ1) is 14.5. The van der Waals surface area contributed by atoms with Crippen molar-refractivity contribution in [3.05, 3.63) is 78.0 Å². The van der Waals surface area contributed by atoms with Crippen LogP contribution in [0.25, 0.3) is 17.1 Å². The second-order valence-electron chi connectivity index (χ2n) is 6.67. The highest BCUT2D eigenvalue weighted by Crippen LogP contribution is 2.30. The van der Waals surface area contributed by atoms with Crippen molar-refractivity contribution in [2.24, 2.45) is 0 Å². The Morgan fingerprint density at radius 3 is 2.63 bits per heavy atom. The molecule has 0 aliphatic carbocycles. The fourth-order valence-corrected chi connectivity index (χ4v) is 3.71. The molecular weight excluding hydrogens is 403 g/mol. The van der Waals surface area contributed by atoms with Crippen LogP contribution in [-0.4, -0.2) is 26.4 Å².